The lowest BCUT2D eigenvalue weighted by atomic mass is 10.2. The van der Waals surface area contributed by atoms with Gasteiger partial charge in [0.2, 0.25) is 0 Å². The standard InChI is InChI=1S/C14H16ClN3O/c1-9-10(2)14(18-17-13(9)15)16-8-11-5-4-6-12(7-11)19-3/h4-7H,8H2,1-3H3,(H,16,18). The molecule has 0 aliphatic heterocycles. The minimum Gasteiger partial charge on any atom is -0.497 e. The summed E-state index contributed by atoms with van der Waals surface area (Å²) in [6.07, 6.45) is 0. The third kappa shape index (κ3) is 3.15. The highest BCUT2D eigenvalue weighted by atomic mass is 35.5. The van der Waals surface area contributed by atoms with Crippen LogP contribution in [0.4, 0.5) is 5.82 Å². The molecule has 2 aromatic rings. The maximum atomic E-state index is 5.92. The Kier molecular flexibility index (Phi) is 4.22. The largest absolute Gasteiger partial charge is 0.497 e. The van der Waals surface area contributed by atoms with Crippen molar-refractivity contribution >= 4 is 17.4 Å². The second-order valence-corrected chi connectivity index (χ2v) is 4.65. The molecule has 0 unspecified atom stereocenters. The lowest BCUT2D eigenvalue weighted by molar-refractivity contribution is 0.414. The number of halogens is 1. The van der Waals surface area contributed by atoms with Crippen LogP contribution in [-0.4, -0.2) is 17.3 Å². The van der Waals surface area contributed by atoms with Crippen molar-refractivity contribution in [3.8, 4) is 5.75 Å². The van der Waals surface area contributed by atoms with Gasteiger partial charge >= 0.3 is 0 Å². The Bertz CT molecular complexity index is 587. The molecule has 0 bridgehead atoms. The van der Waals surface area contributed by atoms with Crippen LogP contribution in [0, 0.1) is 13.8 Å². The molecule has 0 amide bonds. The van der Waals surface area contributed by atoms with E-state index in [9.17, 15) is 0 Å². The zero-order valence-corrected chi connectivity index (χ0v) is 12.0. The van der Waals surface area contributed by atoms with E-state index in [0.717, 1.165) is 28.3 Å². The average Bonchev–Trinajstić information content (AvgIpc) is 2.44. The van der Waals surface area contributed by atoms with Gasteiger partial charge in [0.25, 0.3) is 0 Å². The molecule has 0 spiro atoms. The first-order valence-electron chi connectivity index (χ1n) is 5.98. The number of nitrogens with zero attached hydrogens (tertiary/aromatic N) is 2. The monoisotopic (exact) mass is 277 g/mol. The van der Waals surface area contributed by atoms with Gasteiger partial charge in [0.05, 0.1) is 7.11 Å². The molecule has 0 saturated heterocycles. The first-order valence-corrected chi connectivity index (χ1v) is 6.36. The quantitative estimate of drug-likeness (QED) is 0.931. The molecule has 0 radical (unpaired) electrons. The molecule has 0 atom stereocenters. The van der Waals surface area contributed by atoms with Crippen molar-refractivity contribution in [2.75, 3.05) is 12.4 Å². The highest BCUT2D eigenvalue weighted by Gasteiger charge is 2.07. The SMILES string of the molecule is COc1cccc(CNc2nnc(Cl)c(C)c2C)c1. The molecule has 5 heteroatoms. The predicted molar refractivity (Wildman–Crippen MR) is 76.8 cm³/mol. The number of nitrogens with one attached hydrogen (secondary N) is 1. The van der Waals surface area contributed by atoms with Crippen molar-refractivity contribution in [1.29, 1.82) is 0 Å². The van der Waals surface area contributed by atoms with Gasteiger partial charge in [-0.2, -0.15) is 0 Å². The number of anilines is 1. The summed E-state index contributed by atoms with van der Waals surface area (Å²) >= 11 is 5.92. The Balaban J connectivity index is 2.12. The summed E-state index contributed by atoms with van der Waals surface area (Å²) in [5, 5.41) is 11.7. The van der Waals surface area contributed by atoms with Gasteiger partial charge in [-0.25, -0.2) is 0 Å². The van der Waals surface area contributed by atoms with Crippen molar-refractivity contribution in [3.05, 3.63) is 46.1 Å². The lowest BCUT2D eigenvalue weighted by Gasteiger charge is -2.11. The highest BCUT2D eigenvalue weighted by molar-refractivity contribution is 6.30. The van der Waals surface area contributed by atoms with Gasteiger partial charge in [-0.15, -0.1) is 10.2 Å². The van der Waals surface area contributed by atoms with Crippen LogP contribution in [0.1, 0.15) is 16.7 Å². The molecule has 0 saturated carbocycles. The van der Waals surface area contributed by atoms with Crippen molar-refractivity contribution in [2.45, 2.75) is 20.4 Å². The molecule has 2 rings (SSSR count). The molecule has 0 aliphatic carbocycles. The van der Waals surface area contributed by atoms with E-state index < -0.39 is 0 Å². The average molecular weight is 278 g/mol. The molecule has 1 aromatic heterocycles. The van der Waals surface area contributed by atoms with Crippen LogP contribution in [0.15, 0.2) is 24.3 Å². The molecule has 1 aromatic carbocycles. The van der Waals surface area contributed by atoms with E-state index in [1.807, 2.05) is 38.1 Å². The molecule has 19 heavy (non-hydrogen) atoms. The van der Waals surface area contributed by atoms with Crippen molar-refractivity contribution in [2.24, 2.45) is 0 Å². The number of aromatic nitrogens is 2. The number of ether oxygens (including phenoxy) is 1. The third-order valence-corrected chi connectivity index (χ3v) is 3.42. The number of rotatable bonds is 4. The number of hydrogen-bond donors (Lipinski definition) is 1. The number of methoxy groups -OCH3 is 1. The molecule has 0 aliphatic rings. The third-order valence-electron chi connectivity index (χ3n) is 3.06. The molecule has 0 fully saturated rings. The smallest absolute Gasteiger partial charge is 0.155 e. The Morgan fingerprint density at radius 2 is 2.00 bits per heavy atom. The molecule has 1 heterocycles. The van der Waals surface area contributed by atoms with E-state index >= 15 is 0 Å². The zero-order valence-electron chi connectivity index (χ0n) is 11.2. The Morgan fingerprint density at radius 1 is 1.21 bits per heavy atom. The normalized spacial score (nSPS) is 10.3. The van der Waals surface area contributed by atoms with Crippen LogP contribution in [0.3, 0.4) is 0 Å². The summed E-state index contributed by atoms with van der Waals surface area (Å²) in [6, 6.07) is 7.89. The fraction of sp³-hybridized carbons (Fsp3) is 0.286. The van der Waals surface area contributed by atoms with Gasteiger partial charge in [0.1, 0.15) is 5.75 Å². The molecule has 1 N–H and O–H groups in total. The Hall–Kier alpha value is -1.81. The van der Waals surface area contributed by atoms with Gasteiger partial charge in [-0.05, 0) is 42.7 Å². The van der Waals surface area contributed by atoms with E-state index in [2.05, 4.69) is 15.5 Å². The minimum absolute atomic E-state index is 0.449. The van der Waals surface area contributed by atoms with E-state index in [4.69, 9.17) is 16.3 Å². The highest BCUT2D eigenvalue weighted by Crippen LogP contribution is 2.21. The number of hydrogen-bond acceptors (Lipinski definition) is 4. The van der Waals surface area contributed by atoms with Gasteiger partial charge in [-0.3, -0.25) is 0 Å². The van der Waals surface area contributed by atoms with Crippen LogP contribution in [0.5, 0.6) is 5.75 Å². The predicted octanol–water partition coefficient (Wildman–Crippen LogP) is 3.37. The summed E-state index contributed by atoms with van der Waals surface area (Å²) in [5.74, 6) is 1.60. The summed E-state index contributed by atoms with van der Waals surface area (Å²) < 4.78 is 5.19. The summed E-state index contributed by atoms with van der Waals surface area (Å²) in [4.78, 5) is 0. The van der Waals surface area contributed by atoms with Crippen LogP contribution in [0.2, 0.25) is 5.15 Å². The summed E-state index contributed by atoms with van der Waals surface area (Å²) in [7, 11) is 1.66. The maximum absolute atomic E-state index is 5.92. The number of benzene rings is 1. The summed E-state index contributed by atoms with van der Waals surface area (Å²) in [5.41, 5.74) is 3.08. The maximum Gasteiger partial charge on any atom is 0.155 e. The van der Waals surface area contributed by atoms with E-state index in [1.54, 1.807) is 7.11 Å². The second kappa shape index (κ2) is 5.89. The second-order valence-electron chi connectivity index (χ2n) is 4.29. The van der Waals surface area contributed by atoms with Crippen LogP contribution in [-0.2, 0) is 6.54 Å². The lowest BCUT2D eigenvalue weighted by Crippen LogP contribution is -2.06. The fourth-order valence-electron chi connectivity index (χ4n) is 1.71. The first-order chi connectivity index (χ1) is 9.11. The molecular weight excluding hydrogens is 262 g/mol. The van der Waals surface area contributed by atoms with Gasteiger partial charge in [0, 0.05) is 6.54 Å². The van der Waals surface area contributed by atoms with Crippen LogP contribution >= 0.6 is 11.6 Å². The summed E-state index contributed by atoms with van der Waals surface area (Å²) in [6.45, 7) is 4.57. The first kappa shape index (κ1) is 13.6. The molecule has 4 nitrogen and oxygen atoms in total. The van der Waals surface area contributed by atoms with E-state index in [0.29, 0.717) is 11.7 Å². The van der Waals surface area contributed by atoms with Crippen LogP contribution in [0.25, 0.3) is 0 Å². The van der Waals surface area contributed by atoms with E-state index in [1.165, 1.54) is 0 Å². The topological polar surface area (TPSA) is 47.0 Å². The van der Waals surface area contributed by atoms with Crippen LogP contribution < -0.4 is 10.1 Å². The van der Waals surface area contributed by atoms with Gasteiger partial charge < -0.3 is 10.1 Å². The minimum atomic E-state index is 0.449. The molecular formula is C14H16ClN3O. The zero-order chi connectivity index (χ0) is 13.8. The van der Waals surface area contributed by atoms with Gasteiger partial charge in [0.15, 0.2) is 11.0 Å². The van der Waals surface area contributed by atoms with Crippen molar-refractivity contribution < 1.29 is 4.74 Å². The van der Waals surface area contributed by atoms with Crippen molar-refractivity contribution in [1.82, 2.24) is 10.2 Å². The molecule has 100 valence electrons. The Labute approximate surface area is 117 Å². The van der Waals surface area contributed by atoms with E-state index in [-0.39, 0.29) is 0 Å². The van der Waals surface area contributed by atoms with Crippen molar-refractivity contribution in [3.63, 3.8) is 0 Å². The fourth-order valence-corrected chi connectivity index (χ4v) is 1.89. The Morgan fingerprint density at radius 3 is 2.74 bits per heavy atom. The van der Waals surface area contributed by atoms with Gasteiger partial charge in [-0.1, -0.05) is 23.7 Å².